The van der Waals surface area contributed by atoms with Crippen LogP contribution in [-0.2, 0) is 10.0 Å². The first-order chi connectivity index (χ1) is 10.6. The third kappa shape index (κ3) is 2.71. The summed E-state index contributed by atoms with van der Waals surface area (Å²) in [5, 5.41) is 3.00. The van der Waals surface area contributed by atoms with Gasteiger partial charge in [-0.15, -0.1) is 0 Å². The molecule has 1 aromatic heterocycles. The Balaban J connectivity index is 1.96. The van der Waals surface area contributed by atoms with Crippen molar-refractivity contribution in [2.75, 3.05) is 18.9 Å². The number of aromatic nitrogens is 1. The molecule has 0 saturated carbocycles. The van der Waals surface area contributed by atoms with Gasteiger partial charge in [0.15, 0.2) is 0 Å². The molecule has 116 valence electrons. The fourth-order valence-corrected chi connectivity index (χ4v) is 4.58. The number of rotatable bonds is 4. The van der Waals surface area contributed by atoms with Crippen molar-refractivity contribution in [3.05, 3.63) is 54.2 Å². The molecule has 5 nitrogen and oxygen atoms in total. The highest BCUT2D eigenvalue weighted by molar-refractivity contribution is 7.89. The molecule has 1 aliphatic rings. The number of nitrogens with zero attached hydrogens (tertiary/aromatic N) is 2. The van der Waals surface area contributed by atoms with Crippen molar-refractivity contribution in [2.24, 2.45) is 0 Å². The number of hydrogen-bond acceptors (Lipinski definition) is 4. The Kier molecular flexibility index (Phi) is 4.13. The van der Waals surface area contributed by atoms with E-state index in [1.165, 1.54) is 0 Å². The molecule has 0 radical (unpaired) electrons. The van der Waals surface area contributed by atoms with Gasteiger partial charge in [0.05, 0.1) is 10.9 Å². The smallest absolute Gasteiger partial charge is 0.243 e. The highest BCUT2D eigenvalue weighted by atomic mass is 32.2. The van der Waals surface area contributed by atoms with Gasteiger partial charge in [0, 0.05) is 19.8 Å². The van der Waals surface area contributed by atoms with Gasteiger partial charge in [-0.3, -0.25) is 0 Å². The first kappa shape index (κ1) is 15.0. The average molecular weight is 317 g/mol. The van der Waals surface area contributed by atoms with E-state index in [9.17, 15) is 8.42 Å². The van der Waals surface area contributed by atoms with Crippen molar-refractivity contribution in [2.45, 2.75) is 23.8 Å². The minimum Gasteiger partial charge on any atom is -0.373 e. The molecule has 1 N–H and O–H groups in total. The van der Waals surface area contributed by atoms with E-state index in [0.717, 1.165) is 24.2 Å². The average Bonchev–Trinajstić information content (AvgIpc) is 3.06. The lowest BCUT2D eigenvalue weighted by Crippen LogP contribution is -2.30. The Bertz CT molecular complexity index is 747. The second kappa shape index (κ2) is 6.06. The number of sulfonamides is 1. The quantitative estimate of drug-likeness (QED) is 0.941. The molecule has 6 heteroatoms. The van der Waals surface area contributed by atoms with Crippen LogP contribution >= 0.6 is 0 Å². The SMILES string of the molecule is CNc1cc([C@@H]2CCCN2S(=O)(=O)c2ccccc2)ccn1. The van der Waals surface area contributed by atoms with Crippen LogP contribution in [0, 0.1) is 0 Å². The van der Waals surface area contributed by atoms with Gasteiger partial charge in [-0.1, -0.05) is 18.2 Å². The Hall–Kier alpha value is -1.92. The highest BCUT2D eigenvalue weighted by Gasteiger charge is 2.36. The van der Waals surface area contributed by atoms with E-state index in [4.69, 9.17) is 0 Å². The van der Waals surface area contributed by atoms with Crippen LogP contribution in [0.15, 0.2) is 53.6 Å². The van der Waals surface area contributed by atoms with Crippen molar-refractivity contribution < 1.29 is 8.42 Å². The molecule has 1 saturated heterocycles. The van der Waals surface area contributed by atoms with E-state index in [1.54, 1.807) is 41.8 Å². The second-order valence-corrected chi connectivity index (χ2v) is 7.20. The third-order valence-electron chi connectivity index (χ3n) is 3.98. The molecular weight excluding hydrogens is 298 g/mol. The lowest BCUT2D eigenvalue weighted by atomic mass is 10.1. The Morgan fingerprint density at radius 3 is 2.73 bits per heavy atom. The number of hydrogen-bond donors (Lipinski definition) is 1. The van der Waals surface area contributed by atoms with E-state index in [-0.39, 0.29) is 6.04 Å². The van der Waals surface area contributed by atoms with Crippen LogP contribution in [0.1, 0.15) is 24.4 Å². The first-order valence-corrected chi connectivity index (χ1v) is 8.77. The third-order valence-corrected chi connectivity index (χ3v) is 5.90. The van der Waals surface area contributed by atoms with Crippen LogP contribution in [-0.4, -0.2) is 31.3 Å². The normalized spacial score (nSPS) is 19.2. The van der Waals surface area contributed by atoms with Crippen molar-refractivity contribution >= 4 is 15.8 Å². The number of pyridine rings is 1. The lowest BCUT2D eigenvalue weighted by Gasteiger charge is -2.24. The van der Waals surface area contributed by atoms with Gasteiger partial charge in [0.2, 0.25) is 10.0 Å². The maximum atomic E-state index is 12.9. The van der Waals surface area contributed by atoms with Crippen LogP contribution in [0.25, 0.3) is 0 Å². The molecular formula is C16H19N3O2S. The van der Waals surface area contributed by atoms with Gasteiger partial charge in [0.1, 0.15) is 5.82 Å². The van der Waals surface area contributed by atoms with Crippen LogP contribution < -0.4 is 5.32 Å². The van der Waals surface area contributed by atoms with Gasteiger partial charge in [0.25, 0.3) is 0 Å². The molecule has 0 amide bonds. The van der Waals surface area contributed by atoms with Gasteiger partial charge >= 0.3 is 0 Å². The molecule has 1 aliphatic heterocycles. The topological polar surface area (TPSA) is 62.3 Å². The maximum Gasteiger partial charge on any atom is 0.243 e. The lowest BCUT2D eigenvalue weighted by molar-refractivity contribution is 0.396. The van der Waals surface area contributed by atoms with E-state index in [2.05, 4.69) is 10.3 Å². The summed E-state index contributed by atoms with van der Waals surface area (Å²) in [4.78, 5) is 4.55. The zero-order valence-electron chi connectivity index (χ0n) is 12.4. The first-order valence-electron chi connectivity index (χ1n) is 7.33. The maximum absolute atomic E-state index is 12.9. The van der Waals surface area contributed by atoms with Crippen molar-refractivity contribution in [1.29, 1.82) is 0 Å². The van der Waals surface area contributed by atoms with E-state index in [1.807, 2.05) is 18.2 Å². The van der Waals surface area contributed by atoms with Gasteiger partial charge < -0.3 is 5.32 Å². The van der Waals surface area contributed by atoms with Gasteiger partial charge in [-0.2, -0.15) is 4.31 Å². The minimum absolute atomic E-state index is 0.125. The number of anilines is 1. The summed E-state index contributed by atoms with van der Waals surface area (Å²) in [5.41, 5.74) is 0.983. The summed E-state index contributed by atoms with van der Waals surface area (Å²) in [6, 6.07) is 12.3. The Labute approximate surface area is 131 Å². The fourth-order valence-electron chi connectivity index (χ4n) is 2.88. The predicted molar refractivity (Wildman–Crippen MR) is 86.1 cm³/mol. The zero-order chi connectivity index (χ0) is 15.6. The monoisotopic (exact) mass is 317 g/mol. The second-order valence-electron chi connectivity index (χ2n) is 5.31. The Morgan fingerprint density at radius 2 is 2.00 bits per heavy atom. The van der Waals surface area contributed by atoms with E-state index in [0.29, 0.717) is 11.4 Å². The van der Waals surface area contributed by atoms with Crippen LogP contribution in [0.3, 0.4) is 0 Å². The van der Waals surface area contributed by atoms with Crippen LogP contribution in [0.5, 0.6) is 0 Å². The summed E-state index contributed by atoms with van der Waals surface area (Å²) in [6.45, 7) is 0.555. The molecule has 22 heavy (non-hydrogen) atoms. The Morgan fingerprint density at radius 1 is 1.23 bits per heavy atom. The predicted octanol–water partition coefficient (Wildman–Crippen LogP) is 2.65. The number of nitrogens with one attached hydrogen (secondary N) is 1. The molecule has 1 atom stereocenters. The molecule has 0 spiro atoms. The summed E-state index contributed by atoms with van der Waals surface area (Å²) in [7, 11) is -1.66. The summed E-state index contributed by atoms with van der Waals surface area (Å²) >= 11 is 0. The molecule has 1 aromatic carbocycles. The molecule has 0 aliphatic carbocycles. The molecule has 2 aromatic rings. The van der Waals surface area contributed by atoms with E-state index >= 15 is 0 Å². The molecule has 2 heterocycles. The largest absolute Gasteiger partial charge is 0.373 e. The van der Waals surface area contributed by atoms with Crippen molar-refractivity contribution in [3.63, 3.8) is 0 Å². The van der Waals surface area contributed by atoms with E-state index < -0.39 is 10.0 Å². The van der Waals surface area contributed by atoms with Crippen molar-refractivity contribution in [1.82, 2.24) is 9.29 Å². The zero-order valence-corrected chi connectivity index (χ0v) is 13.3. The van der Waals surface area contributed by atoms with Crippen LogP contribution in [0.2, 0.25) is 0 Å². The van der Waals surface area contributed by atoms with Crippen LogP contribution in [0.4, 0.5) is 5.82 Å². The summed E-state index contributed by atoms with van der Waals surface area (Å²) < 4.78 is 27.3. The summed E-state index contributed by atoms with van der Waals surface area (Å²) in [5.74, 6) is 0.751. The van der Waals surface area contributed by atoms with Gasteiger partial charge in [-0.25, -0.2) is 13.4 Å². The molecule has 0 bridgehead atoms. The molecule has 0 unspecified atom stereocenters. The fraction of sp³-hybridized carbons (Fsp3) is 0.312. The summed E-state index contributed by atoms with van der Waals surface area (Å²) in [6.07, 6.45) is 3.42. The number of benzene rings is 1. The standard InChI is InChI=1S/C16H19N3O2S/c1-17-16-12-13(9-10-18-16)15-8-5-11-19(15)22(20,21)14-6-3-2-4-7-14/h2-4,6-7,9-10,12,15H,5,8,11H2,1H3,(H,17,18)/t15-/m0/s1. The minimum atomic E-state index is -3.46. The molecule has 1 fully saturated rings. The molecule has 3 rings (SSSR count). The highest BCUT2D eigenvalue weighted by Crippen LogP contribution is 2.36. The van der Waals surface area contributed by atoms with Crippen molar-refractivity contribution in [3.8, 4) is 0 Å². The van der Waals surface area contributed by atoms with Gasteiger partial charge in [-0.05, 0) is 42.7 Å².